The van der Waals surface area contributed by atoms with Crippen LogP contribution in [0.1, 0.15) is 5.56 Å². The van der Waals surface area contributed by atoms with E-state index in [9.17, 15) is 13.2 Å². The van der Waals surface area contributed by atoms with Gasteiger partial charge in [0, 0.05) is 13.2 Å². The fourth-order valence-corrected chi connectivity index (χ4v) is 1.15. The van der Waals surface area contributed by atoms with Crippen LogP contribution in [0, 0.1) is 0 Å². The molecule has 1 N–H and O–H groups in total. The van der Waals surface area contributed by atoms with E-state index in [0.717, 1.165) is 6.07 Å². The molecule has 0 atom stereocenters. The van der Waals surface area contributed by atoms with E-state index < -0.39 is 11.7 Å². The average Bonchev–Trinajstić information content (AvgIpc) is 2.01. The number of hydrogen-bond donors (Lipinski definition) is 1. The standard InChI is InChI=1S/C7H6ClF3N2/c1-12-6-5(7(9,10)11)4(8)2-3-13-6/h2-3H,1H3,(H,12,13). The molecule has 1 aromatic heterocycles. The van der Waals surface area contributed by atoms with Crippen molar-refractivity contribution in [3.05, 3.63) is 22.8 Å². The SMILES string of the molecule is CNc1nccc(Cl)c1C(F)(F)F. The summed E-state index contributed by atoms with van der Waals surface area (Å²) in [6.07, 6.45) is -3.27. The van der Waals surface area contributed by atoms with Gasteiger partial charge in [0.1, 0.15) is 11.4 Å². The van der Waals surface area contributed by atoms with E-state index in [4.69, 9.17) is 11.6 Å². The van der Waals surface area contributed by atoms with Crippen LogP contribution in [-0.2, 0) is 6.18 Å². The van der Waals surface area contributed by atoms with Crippen LogP contribution in [0.15, 0.2) is 12.3 Å². The molecule has 13 heavy (non-hydrogen) atoms. The lowest BCUT2D eigenvalue weighted by atomic mass is 10.2. The summed E-state index contributed by atoms with van der Waals surface area (Å²) in [6, 6.07) is 1.10. The maximum absolute atomic E-state index is 12.3. The molecule has 0 saturated carbocycles. The van der Waals surface area contributed by atoms with Crippen molar-refractivity contribution in [1.29, 1.82) is 0 Å². The van der Waals surface area contributed by atoms with Crippen LogP contribution in [-0.4, -0.2) is 12.0 Å². The first-order chi connectivity index (χ1) is 5.96. The van der Waals surface area contributed by atoms with E-state index in [1.54, 1.807) is 0 Å². The molecule has 72 valence electrons. The highest BCUT2D eigenvalue weighted by atomic mass is 35.5. The third-order valence-electron chi connectivity index (χ3n) is 1.42. The van der Waals surface area contributed by atoms with Crippen molar-refractivity contribution in [2.45, 2.75) is 6.18 Å². The fraction of sp³-hybridized carbons (Fsp3) is 0.286. The lowest BCUT2D eigenvalue weighted by Crippen LogP contribution is -2.11. The molecule has 0 aliphatic rings. The fourth-order valence-electron chi connectivity index (χ4n) is 0.897. The van der Waals surface area contributed by atoms with Gasteiger partial charge in [0.2, 0.25) is 0 Å². The van der Waals surface area contributed by atoms with Gasteiger partial charge in [-0.2, -0.15) is 13.2 Å². The van der Waals surface area contributed by atoms with Crippen molar-refractivity contribution in [2.24, 2.45) is 0 Å². The van der Waals surface area contributed by atoms with Gasteiger partial charge >= 0.3 is 6.18 Å². The molecule has 1 rings (SSSR count). The number of rotatable bonds is 1. The Morgan fingerprint density at radius 2 is 2.08 bits per heavy atom. The van der Waals surface area contributed by atoms with E-state index in [2.05, 4.69) is 10.3 Å². The molecular weight excluding hydrogens is 205 g/mol. The van der Waals surface area contributed by atoms with Crippen molar-refractivity contribution < 1.29 is 13.2 Å². The number of nitrogens with zero attached hydrogens (tertiary/aromatic N) is 1. The Morgan fingerprint density at radius 3 is 2.46 bits per heavy atom. The second kappa shape index (κ2) is 3.41. The van der Waals surface area contributed by atoms with Crippen molar-refractivity contribution in [2.75, 3.05) is 12.4 Å². The molecule has 0 fully saturated rings. The van der Waals surface area contributed by atoms with Crippen molar-refractivity contribution >= 4 is 17.4 Å². The van der Waals surface area contributed by atoms with Gasteiger partial charge in [-0.25, -0.2) is 4.98 Å². The van der Waals surface area contributed by atoms with E-state index in [1.807, 2.05) is 0 Å². The summed E-state index contributed by atoms with van der Waals surface area (Å²) >= 11 is 5.39. The number of anilines is 1. The molecule has 0 aromatic carbocycles. The highest BCUT2D eigenvalue weighted by molar-refractivity contribution is 6.31. The highest BCUT2D eigenvalue weighted by Crippen LogP contribution is 2.38. The molecule has 2 nitrogen and oxygen atoms in total. The minimum atomic E-state index is -4.48. The smallest absolute Gasteiger partial charge is 0.373 e. The quantitative estimate of drug-likeness (QED) is 0.771. The number of aromatic nitrogens is 1. The molecule has 0 bridgehead atoms. The zero-order valence-corrected chi connectivity index (χ0v) is 7.37. The summed E-state index contributed by atoms with van der Waals surface area (Å²) in [5, 5.41) is 1.97. The molecule has 1 heterocycles. The molecule has 0 radical (unpaired) electrons. The summed E-state index contributed by atoms with van der Waals surface area (Å²) in [5.41, 5.74) is -0.931. The molecule has 0 aliphatic heterocycles. The minimum absolute atomic E-state index is 0.264. The minimum Gasteiger partial charge on any atom is -0.373 e. The van der Waals surface area contributed by atoms with Crippen LogP contribution < -0.4 is 5.32 Å². The summed E-state index contributed by atoms with van der Waals surface area (Å²) < 4.78 is 37.0. The number of halogens is 4. The second-order valence-corrected chi connectivity index (χ2v) is 2.67. The van der Waals surface area contributed by atoms with Crippen LogP contribution in [0.2, 0.25) is 5.02 Å². The van der Waals surface area contributed by atoms with E-state index in [-0.39, 0.29) is 10.8 Å². The molecule has 0 saturated heterocycles. The topological polar surface area (TPSA) is 24.9 Å². The molecule has 6 heteroatoms. The van der Waals surface area contributed by atoms with Crippen LogP contribution in [0.5, 0.6) is 0 Å². The summed E-state index contributed by atoms with van der Waals surface area (Å²) in [4.78, 5) is 3.51. The first-order valence-corrected chi connectivity index (χ1v) is 3.74. The highest BCUT2D eigenvalue weighted by Gasteiger charge is 2.36. The van der Waals surface area contributed by atoms with Crippen LogP contribution in [0.4, 0.5) is 19.0 Å². The molecule has 0 aliphatic carbocycles. The Kier molecular flexibility index (Phi) is 2.66. The Bertz CT molecular complexity index is 311. The van der Waals surface area contributed by atoms with E-state index in [1.165, 1.54) is 13.2 Å². The number of alkyl halides is 3. The lowest BCUT2D eigenvalue weighted by Gasteiger charge is -2.12. The summed E-state index contributed by atoms with van der Waals surface area (Å²) in [6.45, 7) is 0. The van der Waals surface area contributed by atoms with Crippen LogP contribution >= 0.6 is 11.6 Å². The van der Waals surface area contributed by atoms with Gasteiger partial charge in [0.15, 0.2) is 0 Å². The van der Waals surface area contributed by atoms with Gasteiger partial charge in [-0.05, 0) is 6.07 Å². The predicted molar refractivity (Wildman–Crippen MR) is 43.8 cm³/mol. The summed E-state index contributed by atoms with van der Waals surface area (Å²) in [7, 11) is 1.36. The second-order valence-electron chi connectivity index (χ2n) is 2.26. The van der Waals surface area contributed by atoms with Crippen molar-refractivity contribution in [1.82, 2.24) is 4.98 Å². The molecular formula is C7H6ClF3N2. The molecule has 0 unspecified atom stereocenters. The van der Waals surface area contributed by atoms with Crippen molar-refractivity contribution in [3.63, 3.8) is 0 Å². The third-order valence-corrected chi connectivity index (χ3v) is 1.74. The van der Waals surface area contributed by atoms with Crippen LogP contribution in [0.25, 0.3) is 0 Å². The van der Waals surface area contributed by atoms with Gasteiger partial charge in [0.25, 0.3) is 0 Å². The largest absolute Gasteiger partial charge is 0.421 e. The van der Waals surface area contributed by atoms with Gasteiger partial charge in [0.05, 0.1) is 5.02 Å². The Morgan fingerprint density at radius 1 is 1.46 bits per heavy atom. The van der Waals surface area contributed by atoms with Crippen molar-refractivity contribution in [3.8, 4) is 0 Å². The van der Waals surface area contributed by atoms with Gasteiger partial charge in [-0.1, -0.05) is 11.6 Å². The average molecular weight is 211 g/mol. The van der Waals surface area contributed by atoms with Crippen LogP contribution in [0.3, 0.4) is 0 Å². The lowest BCUT2D eigenvalue weighted by molar-refractivity contribution is -0.137. The van der Waals surface area contributed by atoms with Gasteiger partial charge in [-0.3, -0.25) is 0 Å². The molecule has 0 amide bonds. The summed E-state index contributed by atoms with van der Waals surface area (Å²) in [5.74, 6) is -0.264. The monoisotopic (exact) mass is 210 g/mol. The maximum atomic E-state index is 12.3. The third kappa shape index (κ3) is 2.03. The Balaban J connectivity index is 3.32. The number of nitrogens with one attached hydrogen (secondary N) is 1. The zero-order valence-electron chi connectivity index (χ0n) is 6.61. The maximum Gasteiger partial charge on any atom is 0.421 e. The van der Waals surface area contributed by atoms with Gasteiger partial charge in [-0.15, -0.1) is 0 Å². The zero-order chi connectivity index (χ0) is 10.1. The molecule has 0 spiro atoms. The number of pyridine rings is 1. The van der Waals surface area contributed by atoms with E-state index >= 15 is 0 Å². The Labute approximate surface area is 77.7 Å². The predicted octanol–water partition coefficient (Wildman–Crippen LogP) is 2.80. The Hall–Kier alpha value is -0.970. The van der Waals surface area contributed by atoms with Gasteiger partial charge < -0.3 is 5.32 Å². The first kappa shape index (κ1) is 10.1. The normalized spacial score (nSPS) is 11.5. The molecule has 1 aromatic rings. The number of hydrogen-bond acceptors (Lipinski definition) is 2. The van der Waals surface area contributed by atoms with E-state index in [0.29, 0.717) is 0 Å². The first-order valence-electron chi connectivity index (χ1n) is 3.36.